The molecule has 0 bridgehead atoms. The maximum atomic E-state index is 12.2. The van der Waals surface area contributed by atoms with Crippen LogP contribution in [0.3, 0.4) is 0 Å². The number of amides is 1. The first kappa shape index (κ1) is 16.9. The Balaban J connectivity index is 1.69. The van der Waals surface area contributed by atoms with Crippen LogP contribution in [0.25, 0.3) is 0 Å². The van der Waals surface area contributed by atoms with Crippen LogP contribution in [-0.4, -0.2) is 54.0 Å². The minimum atomic E-state index is 0.00840. The highest BCUT2D eigenvalue weighted by Crippen LogP contribution is 2.37. The second-order valence-corrected chi connectivity index (χ2v) is 7.24. The summed E-state index contributed by atoms with van der Waals surface area (Å²) in [4.78, 5) is 17.1. The summed E-state index contributed by atoms with van der Waals surface area (Å²) >= 11 is 0. The van der Waals surface area contributed by atoms with Gasteiger partial charge in [-0.2, -0.15) is 5.26 Å². The summed E-state index contributed by atoms with van der Waals surface area (Å²) < 4.78 is 0. The molecule has 0 radical (unpaired) electrons. The fourth-order valence-corrected chi connectivity index (χ4v) is 4.43. The molecule has 5 heteroatoms. The number of nitriles is 1. The average molecular weight is 326 g/mol. The van der Waals surface area contributed by atoms with Gasteiger partial charge in [0.25, 0.3) is 0 Å². The third-order valence-corrected chi connectivity index (χ3v) is 5.36. The number of likely N-dealkylation sites (tertiary alicyclic amines) is 2. The molecule has 2 heterocycles. The molecule has 0 spiro atoms. The molecule has 24 heavy (non-hydrogen) atoms. The second-order valence-electron chi connectivity index (χ2n) is 7.24. The molecule has 5 nitrogen and oxygen atoms in total. The second kappa shape index (κ2) is 6.92. The lowest BCUT2D eigenvalue weighted by molar-refractivity contribution is -0.126. The Morgan fingerprint density at radius 2 is 2.21 bits per heavy atom. The molecule has 2 saturated heterocycles. The zero-order valence-electron chi connectivity index (χ0n) is 14.7. The van der Waals surface area contributed by atoms with Crippen LogP contribution in [-0.2, 0) is 11.3 Å². The fraction of sp³-hybridized carbons (Fsp3) is 0.579. The Kier molecular flexibility index (Phi) is 4.88. The number of fused-ring (bicyclic) bond motifs is 1. The van der Waals surface area contributed by atoms with Crippen molar-refractivity contribution in [1.82, 2.24) is 15.1 Å². The quantitative estimate of drug-likeness (QED) is 0.913. The van der Waals surface area contributed by atoms with Gasteiger partial charge in [-0.15, -0.1) is 0 Å². The molecule has 0 aliphatic carbocycles. The van der Waals surface area contributed by atoms with Crippen molar-refractivity contribution in [2.75, 3.05) is 20.1 Å². The van der Waals surface area contributed by atoms with E-state index in [0.717, 1.165) is 31.6 Å². The number of benzene rings is 1. The van der Waals surface area contributed by atoms with Gasteiger partial charge in [0.1, 0.15) is 0 Å². The van der Waals surface area contributed by atoms with Crippen LogP contribution in [0.15, 0.2) is 24.3 Å². The number of nitrogens with one attached hydrogen (secondary N) is 1. The Bertz CT molecular complexity index is 651. The van der Waals surface area contributed by atoms with Crippen LogP contribution < -0.4 is 5.32 Å². The third-order valence-electron chi connectivity index (χ3n) is 5.36. The van der Waals surface area contributed by atoms with E-state index in [9.17, 15) is 4.79 Å². The summed E-state index contributed by atoms with van der Waals surface area (Å²) in [6, 6.07) is 10.9. The first-order valence-corrected chi connectivity index (χ1v) is 8.74. The molecule has 3 rings (SSSR count). The predicted octanol–water partition coefficient (Wildman–Crippen LogP) is 1.59. The van der Waals surface area contributed by atoms with E-state index in [2.05, 4.69) is 41.1 Å². The number of hydrogen-bond acceptors (Lipinski definition) is 4. The fourth-order valence-electron chi connectivity index (χ4n) is 4.43. The summed E-state index contributed by atoms with van der Waals surface area (Å²) in [5.41, 5.74) is 1.91. The van der Waals surface area contributed by atoms with Gasteiger partial charge in [0, 0.05) is 38.8 Å². The average Bonchev–Trinajstić information content (AvgIpc) is 3.10. The lowest BCUT2D eigenvalue weighted by atomic mass is 10.0. The predicted molar refractivity (Wildman–Crippen MR) is 93.2 cm³/mol. The summed E-state index contributed by atoms with van der Waals surface area (Å²) in [6.45, 7) is 7.25. The van der Waals surface area contributed by atoms with Crippen LogP contribution in [0.1, 0.15) is 31.4 Å². The Labute approximate surface area is 144 Å². The van der Waals surface area contributed by atoms with Crippen LogP contribution in [0.5, 0.6) is 0 Å². The molecule has 0 saturated carbocycles. The SMILES string of the molecule is CNC(=O)[C@@H]1C[C@H]2CN(Cc3cccc(C#N)c3)C[C@H]2N1C(C)C. The first-order valence-electron chi connectivity index (χ1n) is 8.74. The zero-order chi connectivity index (χ0) is 17.3. The van der Waals surface area contributed by atoms with Gasteiger partial charge in [-0.3, -0.25) is 14.6 Å². The van der Waals surface area contributed by atoms with Crippen molar-refractivity contribution >= 4 is 5.91 Å². The van der Waals surface area contributed by atoms with Gasteiger partial charge >= 0.3 is 0 Å². The highest BCUT2D eigenvalue weighted by atomic mass is 16.2. The van der Waals surface area contributed by atoms with E-state index < -0.39 is 0 Å². The third kappa shape index (κ3) is 3.17. The lowest BCUT2D eigenvalue weighted by Crippen LogP contribution is -2.50. The molecular formula is C19H26N4O. The Morgan fingerprint density at radius 3 is 2.88 bits per heavy atom. The van der Waals surface area contributed by atoms with E-state index in [1.807, 2.05) is 18.2 Å². The highest BCUT2D eigenvalue weighted by Gasteiger charge is 2.49. The molecule has 1 aromatic carbocycles. The number of hydrogen-bond donors (Lipinski definition) is 1. The van der Waals surface area contributed by atoms with Crippen molar-refractivity contribution < 1.29 is 4.79 Å². The molecule has 3 atom stereocenters. The van der Waals surface area contributed by atoms with Crippen LogP contribution in [0, 0.1) is 17.2 Å². The summed E-state index contributed by atoms with van der Waals surface area (Å²) in [6.07, 6.45) is 0.942. The molecule has 1 aromatic rings. The summed E-state index contributed by atoms with van der Waals surface area (Å²) in [7, 11) is 1.73. The molecule has 1 N–H and O–H groups in total. The molecule has 0 aromatic heterocycles. The Morgan fingerprint density at radius 1 is 1.42 bits per heavy atom. The maximum Gasteiger partial charge on any atom is 0.237 e. The van der Waals surface area contributed by atoms with E-state index in [1.165, 1.54) is 5.56 Å². The lowest BCUT2D eigenvalue weighted by Gasteiger charge is -2.33. The molecular weight excluding hydrogens is 300 g/mol. The Hall–Kier alpha value is -1.90. The van der Waals surface area contributed by atoms with Crippen LogP contribution in [0.2, 0.25) is 0 Å². The molecule has 2 fully saturated rings. The van der Waals surface area contributed by atoms with Gasteiger partial charge in [-0.25, -0.2) is 0 Å². The maximum absolute atomic E-state index is 12.2. The summed E-state index contributed by atoms with van der Waals surface area (Å²) in [5.74, 6) is 0.695. The monoisotopic (exact) mass is 326 g/mol. The van der Waals surface area contributed by atoms with E-state index >= 15 is 0 Å². The van der Waals surface area contributed by atoms with Gasteiger partial charge in [0.15, 0.2) is 0 Å². The van der Waals surface area contributed by atoms with Crippen molar-refractivity contribution in [2.24, 2.45) is 5.92 Å². The molecule has 2 aliphatic heterocycles. The number of carbonyl (C=O) groups excluding carboxylic acids is 1. The molecule has 1 amide bonds. The van der Waals surface area contributed by atoms with Crippen molar-refractivity contribution in [3.05, 3.63) is 35.4 Å². The molecule has 2 aliphatic rings. The molecule has 128 valence electrons. The van der Waals surface area contributed by atoms with Crippen molar-refractivity contribution in [2.45, 2.75) is 44.9 Å². The minimum Gasteiger partial charge on any atom is -0.358 e. The van der Waals surface area contributed by atoms with E-state index in [1.54, 1.807) is 7.05 Å². The topological polar surface area (TPSA) is 59.4 Å². The minimum absolute atomic E-state index is 0.00840. The zero-order valence-corrected chi connectivity index (χ0v) is 14.7. The van der Waals surface area contributed by atoms with Gasteiger partial charge in [-0.05, 0) is 43.9 Å². The number of nitrogens with zero attached hydrogens (tertiary/aromatic N) is 3. The van der Waals surface area contributed by atoms with E-state index in [4.69, 9.17) is 5.26 Å². The van der Waals surface area contributed by atoms with Crippen molar-refractivity contribution in [3.8, 4) is 6.07 Å². The van der Waals surface area contributed by atoms with E-state index in [-0.39, 0.29) is 11.9 Å². The van der Waals surface area contributed by atoms with E-state index in [0.29, 0.717) is 18.0 Å². The first-order chi connectivity index (χ1) is 11.5. The van der Waals surface area contributed by atoms with Gasteiger partial charge in [0.05, 0.1) is 17.7 Å². The number of carbonyl (C=O) groups is 1. The standard InChI is InChI=1S/C19H26N4O/c1-13(2)23-17(19(24)21-3)8-16-11-22(12-18(16)23)10-15-6-4-5-14(7-15)9-20/h4-7,13,16-18H,8,10-12H2,1-3H3,(H,21,24)/t16-,17-,18+/m0/s1. The summed E-state index contributed by atoms with van der Waals surface area (Å²) in [5, 5.41) is 11.9. The number of rotatable bonds is 4. The van der Waals surface area contributed by atoms with Gasteiger partial charge < -0.3 is 5.32 Å². The number of likely N-dealkylation sites (N-methyl/N-ethyl adjacent to an activating group) is 1. The van der Waals surface area contributed by atoms with Crippen molar-refractivity contribution in [1.29, 1.82) is 5.26 Å². The van der Waals surface area contributed by atoms with Gasteiger partial charge in [-0.1, -0.05) is 12.1 Å². The largest absolute Gasteiger partial charge is 0.358 e. The van der Waals surface area contributed by atoms with Gasteiger partial charge in [0.2, 0.25) is 5.91 Å². The highest BCUT2D eigenvalue weighted by molar-refractivity contribution is 5.82. The normalized spacial score (nSPS) is 27.2. The molecule has 0 unspecified atom stereocenters. The van der Waals surface area contributed by atoms with Crippen molar-refractivity contribution in [3.63, 3.8) is 0 Å². The smallest absolute Gasteiger partial charge is 0.237 e. The van der Waals surface area contributed by atoms with Crippen LogP contribution >= 0.6 is 0 Å². The van der Waals surface area contributed by atoms with Crippen LogP contribution in [0.4, 0.5) is 0 Å².